The molecule has 2 nitrogen and oxygen atoms in total. The van der Waals surface area contributed by atoms with Gasteiger partial charge in [0.2, 0.25) is 0 Å². The molecular formula is C12H17NO. The summed E-state index contributed by atoms with van der Waals surface area (Å²) in [5.74, 6) is 0.286. The maximum atomic E-state index is 9.64. The van der Waals surface area contributed by atoms with Gasteiger partial charge in [-0.2, -0.15) is 0 Å². The number of rotatable bonds is 3. The average molecular weight is 191 g/mol. The first-order chi connectivity index (χ1) is 6.74. The van der Waals surface area contributed by atoms with Crippen LogP contribution in [0.15, 0.2) is 12.2 Å². The molecule has 14 heavy (non-hydrogen) atoms. The fourth-order valence-electron chi connectivity index (χ4n) is 1.57. The molecule has 1 aromatic heterocycles. The van der Waals surface area contributed by atoms with Crippen molar-refractivity contribution in [2.75, 3.05) is 0 Å². The molecule has 0 saturated carbocycles. The van der Waals surface area contributed by atoms with Gasteiger partial charge in [-0.15, -0.1) is 0 Å². The standard InChI is InChI=1S/C12H17NO/c1-4-7-10-9(6-3)12(14)13-11(10)8-5-2/h4-5,7-8,13-14H,6H2,1-3H3/b7-4-,8-5-. The van der Waals surface area contributed by atoms with Crippen molar-refractivity contribution < 1.29 is 5.11 Å². The summed E-state index contributed by atoms with van der Waals surface area (Å²) in [6, 6.07) is 0. The third kappa shape index (κ3) is 1.90. The van der Waals surface area contributed by atoms with Crippen LogP contribution in [0.4, 0.5) is 0 Å². The van der Waals surface area contributed by atoms with Gasteiger partial charge in [0.1, 0.15) is 0 Å². The number of aromatic hydroxyl groups is 1. The second-order valence-electron chi connectivity index (χ2n) is 3.13. The Balaban J connectivity index is 3.29. The highest BCUT2D eigenvalue weighted by atomic mass is 16.3. The van der Waals surface area contributed by atoms with Crippen LogP contribution in [0.5, 0.6) is 5.88 Å². The predicted molar refractivity (Wildman–Crippen MR) is 61.3 cm³/mol. The number of allylic oxidation sites excluding steroid dienone is 2. The highest BCUT2D eigenvalue weighted by Gasteiger charge is 2.10. The van der Waals surface area contributed by atoms with Crippen molar-refractivity contribution in [1.29, 1.82) is 0 Å². The molecule has 0 fully saturated rings. The molecule has 0 aliphatic carbocycles. The Bertz CT molecular complexity index is 359. The number of nitrogens with one attached hydrogen (secondary N) is 1. The Morgan fingerprint density at radius 3 is 2.36 bits per heavy atom. The van der Waals surface area contributed by atoms with Crippen LogP contribution in [0.3, 0.4) is 0 Å². The summed E-state index contributed by atoms with van der Waals surface area (Å²) in [5.41, 5.74) is 3.04. The van der Waals surface area contributed by atoms with Crippen LogP contribution in [0, 0.1) is 0 Å². The van der Waals surface area contributed by atoms with E-state index in [9.17, 15) is 5.11 Å². The van der Waals surface area contributed by atoms with E-state index in [1.54, 1.807) is 0 Å². The lowest BCUT2D eigenvalue weighted by Gasteiger charge is -1.96. The van der Waals surface area contributed by atoms with E-state index in [1.807, 2.05) is 45.1 Å². The number of H-pyrrole nitrogens is 1. The van der Waals surface area contributed by atoms with Crippen LogP contribution in [0.2, 0.25) is 0 Å². The van der Waals surface area contributed by atoms with E-state index < -0.39 is 0 Å². The summed E-state index contributed by atoms with van der Waals surface area (Å²) in [6.07, 6.45) is 8.75. The Morgan fingerprint density at radius 1 is 1.21 bits per heavy atom. The zero-order chi connectivity index (χ0) is 10.6. The summed E-state index contributed by atoms with van der Waals surface area (Å²) < 4.78 is 0. The molecule has 0 aliphatic rings. The van der Waals surface area contributed by atoms with E-state index in [0.717, 1.165) is 23.2 Å². The summed E-state index contributed by atoms with van der Waals surface area (Å²) in [7, 11) is 0. The summed E-state index contributed by atoms with van der Waals surface area (Å²) in [4.78, 5) is 2.97. The third-order valence-electron chi connectivity index (χ3n) is 2.17. The highest BCUT2D eigenvalue weighted by Crippen LogP contribution is 2.27. The van der Waals surface area contributed by atoms with Crippen molar-refractivity contribution >= 4 is 12.2 Å². The topological polar surface area (TPSA) is 36.0 Å². The lowest BCUT2D eigenvalue weighted by Crippen LogP contribution is -1.81. The largest absolute Gasteiger partial charge is 0.494 e. The molecule has 1 rings (SSSR count). The molecule has 2 N–H and O–H groups in total. The quantitative estimate of drug-likeness (QED) is 0.755. The van der Waals surface area contributed by atoms with E-state index in [4.69, 9.17) is 0 Å². The average Bonchev–Trinajstić information content (AvgIpc) is 2.44. The molecule has 1 heterocycles. The van der Waals surface area contributed by atoms with Gasteiger partial charge < -0.3 is 10.1 Å². The number of aromatic nitrogens is 1. The van der Waals surface area contributed by atoms with E-state index in [1.165, 1.54) is 0 Å². The lowest BCUT2D eigenvalue weighted by atomic mass is 10.1. The van der Waals surface area contributed by atoms with Gasteiger partial charge in [0.25, 0.3) is 0 Å². The van der Waals surface area contributed by atoms with Gasteiger partial charge in [-0.05, 0) is 26.3 Å². The minimum atomic E-state index is 0.286. The van der Waals surface area contributed by atoms with Crippen molar-refractivity contribution in [2.24, 2.45) is 0 Å². The van der Waals surface area contributed by atoms with Crippen LogP contribution in [0.25, 0.3) is 12.2 Å². The van der Waals surface area contributed by atoms with E-state index in [0.29, 0.717) is 0 Å². The molecule has 1 aromatic rings. The van der Waals surface area contributed by atoms with Crippen LogP contribution >= 0.6 is 0 Å². The SMILES string of the molecule is C/C=C\c1[nH]c(O)c(CC)c1/C=C\C. The molecule has 0 radical (unpaired) electrons. The maximum Gasteiger partial charge on any atom is 0.192 e. The van der Waals surface area contributed by atoms with E-state index >= 15 is 0 Å². The highest BCUT2D eigenvalue weighted by molar-refractivity contribution is 5.68. The lowest BCUT2D eigenvalue weighted by molar-refractivity contribution is 0.451. The first-order valence-corrected chi connectivity index (χ1v) is 4.93. The monoisotopic (exact) mass is 191 g/mol. The van der Waals surface area contributed by atoms with Crippen LogP contribution < -0.4 is 0 Å². The molecule has 0 unspecified atom stereocenters. The summed E-state index contributed by atoms with van der Waals surface area (Å²) in [6.45, 7) is 5.97. The molecule has 0 atom stereocenters. The van der Waals surface area contributed by atoms with Gasteiger partial charge >= 0.3 is 0 Å². The predicted octanol–water partition coefficient (Wildman–Crippen LogP) is 3.35. The van der Waals surface area contributed by atoms with Crippen LogP contribution in [-0.4, -0.2) is 10.1 Å². The smallest absolute Gasteiger partial charge is 0.192 e. The zero-order valence-corrected chi connectivity index (χ0v) is 8.96. The van der Waals surface area contributed by atoms with Gasteiger partial charge in [0.15, 0.2) is 5.88 Å². The summed E-state index contributed by atoms with van der Waals surface area (Å²) in [5, 5.41) is 9.64. The first kappa shape index (κ1) is 10.6. The Hall–Kier alpha value is -1.44. The maximum absolute atomic E-state index is 9.64. The van der Waals surface area contributed by atoms with Crippen molar-refractivity contribution in [1.82, 2.24) is 4.98 Å². The van der Waals surface area contributed by atoms with Gasteiger partial charge in [-0.25, -0.2) is 0 Å². The van der Waals surface area contributed by atoms with Crippen LogP contribution in [0.1, 0.15) is 37.6 Å². The van der Waals surface area contributed by atoms with Gasteiger partial charge in [-0.1, -0.05) is 25.2 Å². The van der Waals surface area contributed by atoms with Gasteiger partial charge in [-0.3, -0.25) is 0 Å². The molecule has 0 aliphatic heterocycles. The third-order valence-corrected chi connectivity index (χ3v) is 2.17. The van der Waals surface area contributed by atoms with Gasteiger partial charge in [0, 0.05) is 16.8 Å². The molecule has 0 bridgehead atoms. The fraction of sp³-hybridized carbons (Fsp3) is 0.333. The molecule has 2 heteroatoms. The minimum absolute atomic E-state index is 0.286. The number of hydrogen-bond donors (Lipinski definition) is 2. The van der Waals surface area contributed by atoms with E-state index in [2.05, 4.69) is 4.98 Å². The summed E-state index contributed by atoms with van der Waals surface area (Å²) >= 11 is 0. The van der Waals surface area contributed by atoms with Crippen molar-refractivity contribution in [3.05, 3.63) is 29.0 Å². The molecule has 76 valence electrons. The number of aromatic amines is 1. The first-order valence-electron chi connectivity index (χ1n) is 4.93. The van der Waals surface area contributed by atoms with Crippen molar-refractivity contribution in [3.8, 4) is 5.88 Å². The number of hydrogen-bond acceptors (Lipinski definition) is 1. The molecule has 0 aromatic carbocycles. The minimum Gasteiger partial charge on any atom is -0.494 e. The van der Waals surface area contributed by atoms with Crippen molar-refractivity contribution in [2.45, 2.75) is 27.2 Å². The fourth-order valence-corrected chi connectivity index (χ4v) is 1.57. The van der Waals surface area contributed by atoms with E-state index in [-0.39, 0.29) is 5.88 Å². The Morgan fingerprint density at radius 2 is 1.86 bits per heavy atom. The molecule has 0 saturated heterocycles. The Kier molecular flexibility index (Phi) is 3.57. The zero-order valence-electron chi connectivity index (χ0n) is 8.96. The Labute approximate surface area is 85.0 Å². The second-order valence-corrected chi connectivity index (χ2v) is 3.13. The van der Waals surface area contributed by atoms with Crippen molar-refractivity contribution in [3.63, 3.8) is 0 Å². The van der Waals surface area contributed by atoms with Gasteiger partial charge in [0.05, 0.1) is 0 Å². The molecule has 0 spiro atoms. The molecule has 0 amide bonds. The second kappa shape index (κ2) is 4.70. The molecular weight excluding hydrogens is 174 g/mol. The van der Waals surface area contributed by atoms with Crippen LogP contribution in [-0.2, 0) is 6.42 Å². The normalized spacial score (nSPS) is 11.9.